The van der Waals surface area contributed by atoms with Crippen molar-refractivity contribution in [3.8, 4) is 0 Å². The second-order valence-electron chi connectivity index (χ2n) is 5.23. The van der Waals surface area contributed by atoms with E-state index in [0.29, 0.717) is 6.42 Å². The minimum atomic E-state index is 0.173. The predicted octanol–water partition coefficient (Wildman–Crippen LogP) is 2.78. The molecule has 106 valence electrons. The van der Waals surface area contributed by atoms with E-state index in [1.165, 1.54) is 10.1 Å². The van der Waals surface area contributed by atoms with Crippen LogP contribution in [-0.4, -0.2) is 31.6 Å². The minimum Gasteiger partial charge on any atom is -0.370 e. The van der Waals surface area contributed by atoms with Crippen LogP contribution in [0.2, 0.25) is 0 Å². The van der Waals surface area contributed by atoms with Gasteiger partial charge in [-0.1, -0.05) is 18.2 Å². The molecule has 3 nitrogen and oxygen atoms in total. The van der Waals surface area contributed by atoms with Crippen molar-refractivity contribution < 1.29 is 9.53 Å². The number of carbonyl (C=O) groups excluding carboxylic acids is 1. The van der Waals surface area contributed by atoms with E-state index in [0.717, 1.165) is 31.5 Å². The Balaban J connectivity index is 1.55. The van der Waals surface area contributed by atoms with Gasteiger partial charge in [-0.25, -0.2) is 0 Å². The van der Waals surface area contributed by atoms with Gasteiger partial charge in [0.25, 0.3) is 0 Å². The number of ketones is 1. The molecule has 2 aromatic rings. The van der Waals surface area contributed by atoms with Gasteiger partial charge >= 0.3 is 0 Å². The molecule has 2 heterocycles. The summed E-state index contributed by atoms with van der Waals surface area (Å²) in [5, 5.41) is 6.59. The Hall–Kier alpha value is -1.23. The van der Waals surface area contributed by atoms with Crippen molar-refractivity contribution in [2.45, 2.75) is 25.4 Å². The molecule has 20 heavy (non-hydrogen) atoms. The van der Waals surface area contributed by atoms with Crippen LogP contribution in [0.4, 0.5) is 0 Å². The Kier molecular flexibility index (Phi) is 4.45. The number of hydrogen-bond donors (Lipinski definition) is 1. The quantitative estimate of drug-likeness (QED) is 0.920. The Morgan fingerprint density at radius 1 is 1.30 bits per heavy atom. The third-order valence-corrected chi connectivity index (χ3v) is 4.73. The highest BCUT2D eigenvalue weighted by molar-refractivity contribution is 7.17. The van der Waals surface area contributed by atoms with Gasteiger partial charge in [0.05, 0.1) is 6.10 Å². The Morgan fingerprint density at radius 2 is 2.10 bits per heavy atom. The monoisotopic (exact) mass is 289 g/mol. The number of hydrogen-bond acceptors (Lipinski definition) is 4. The summed E-state index contributed by atoms with van der Waals surface area (Å²) >= 11 is 1.70. The lowest BCUT2D eigenvalue weighted by Crippen LogP contribution is -2.33. The third-order valence-electron chi connectivity index (χ3n) is 3.71. The number of rotatable bonds is 5. The molecular weight excluding hydrogens is 270 g/mol. The van der Waals surface area contributed by atoms with Gasteiger partial charge in [0.1, 0.15) is 6.61 Å². The topological polar surface area (TPSA) is 38.3 Å². The van der Waals surface area contributed by atoms with Crippen molar-refractivity contribution in [2.24, 2.45) is 0 Å². The highest BCUT2D eigenvalue weighted by Gasteiger charge is 2.15. The molecule has 0 saturated carbocycles. The van der Waals surface area contributed by atoms with E-state index in [1.807, 2.05) is 12.1 Å². The fourth-order valence-electron chi connectivity index (χ4n) is 2.61. The second kappa shape index (κ2) is 6.48. The lowest BCUT2D eigenvalue weighted by molar-refractivity contribution is -0.125. The van der Waals surface area contributed by atoms with E-state index >= 15 is 0 Å². The normalized spacial score (nSPS) is 16.6. The van der Waals surface area contributed by atoms with E-state index in [4.69, 9.17) is 4.74 Å². The van der Waals surface area contributed by atoms with Gasteiger partial charge < -0.3 is 10.1 Å². The minimum absolute atomic E-state index is 0.173. The van der Waals surface area contributed by atoms with Crippen LogP contribution in [0, 0.1) is 0 Å². The smallest absolute Gasteiger partial charge is 0.162 e. The van der Waals surface area contributed by atoms with Gasteiger partial charge in [-0.2, -0.15) is 0 Å². The van der Waals surface area contributed by atoms with Gasteiger partial charge in [0, 0.05) is 11.1 Å². The van der Waals surface area contributed by atoms with Gasteiger partial charge in [-0.3, -0.25) is 4.79 Å². The first-order chi connectivity index (χ1) is 9.83. The maximum atomic E-state index is 12.1. The van der Waals surface area contributed by atoms with Crippen LogP contribution in [0.1, 0.15) is 18.4 Å². The number of nitrogens with one attached hydrogen (secondary N) is 1. The van der Waals surface area contributed by atoms with E-state index in [2.05, 4.69) is 22.8 Å². The highest BCUT2D eigenvalue weighted by atomic mass is 32.1. The first-order valence-corrected chi connectivity index (χ1v) is 8.00. The molecule has 1 saturated heterocycles. The predicted molar refractivity (Wildman–Crippen MR) is 82.4 cm³/mol. The zero-order valence-electron chi connectivity index (χ0n) is 11.4. The number of thiophene rings is 1. The van der Waals surface area contributed by atoms with Gasteiger partial charge in [-0.15, -0.1) is 11.3 Å². The van der Waals surface area contributed by atoms with Crippen LogP contribution >= 0.6 is 11.3 Å². The van der Waals surface area contributed by atoms with Crippen LogP contribution in [-0.2, 0) is 16.0 Å². The van der Waals surface area contributed by atoms with Crippen molar-refractivity contribution in [1.29, 1.82) is 0 Å². The molecule has 0 atom stereocenters. The number of ether oxygens (including phenoxy) is 1. The van der Waals surface area contributed by atoms with Crippen molar-refractivity contribution in [2.75, 3.05) is 19.7 Å². The summed E-state index contributed by atoms with van der Waals surface area (Å²) in [6.07, 6.45) is 2.75. The number of carbonyl (C=O) groups is 1. The molecule has 0 aliphatic carbocycles. The van der Waals surface area contributed by atoms with Gasteiger partial charge in [-0.05, 0) is 48.3 Å². The molecule has 0 unspecified atom stereocenters. The van der Waals surface area contributed by atoms with Crippen LogP contribution in [0.3, 0.4) is 0 Å². The molecule has 1 aromatic heterocycles. The zero-order chi connectivity index (χ0) is 13.8. The molecule has 1 aliphatic rings. The Morgan fingerprint density at radius 3 is 2.95 bits per heavy atom. The molecule has 1 N–H and O–H groups in total. The van der Waals surface area contributed by atoms with Crippen molar-refractivity contribution >= 4 is 27.2 Å². The van der Waals surface area contributed by atoms with E-state index in [9.17, 15) is 4.79 Å². The Labute approximate surface area is 122 Å². The molecule has 0 bridgehead atoms. The van der Waals surface area contributed by atoms with E-state index in [1.54, 1.807) is 11.3 Å². The Bertz CT molecular complexity index is 587. The van der Waals surface area contributed by atoms with Crippen molar-refractivity contribution in [3.05, 3.63) is 35.2 Å². The van der Waals surface area contributed by atoms with Crippen LogP contribution in [0.5, 0.6) is 0 Å². The summed E-state index contributed by atoms with van der Waals surface area (Å²) in [7, 11) is 0. The average Bonchev–Trinajstić information content (AvgIpc) is 2.90. The fourth-order valence-corrected chi connectivity index (χ4v) is 3.57. The fraction of sp³-hybridized carbons (Fsp3) is 0.438. The number of Topliss-reactive ketones (excluding diaryl/α,β-unsaturated/α-hetero) is 1. The zero-order valence-corrected chi connectivity index (χ0v) is 12.2. The molecule has 0 spiro atoms. The maximum absolute atomic E-state index is 12.1. The molecule has 1 fully saturated rings. The molecular formula is C16H19NO2S. The van der Waals surface area contributed by atoms with E-state index in [-0.39, 0.29) is 18.5 Å². The standard InChI is InChI=1S/C16H19NO2S/c18-13(10-19-14-5-7-17-8-6-14)9-12-11-20-16-4-2-1-3-15(12)16/h1-4,11,14,17H,5-10H2. The summed E-state index contributed by atoms with van der Waals surface area (Å²) in [6, 6.07) is 8.24. The summed E-state index contributed by atoms with van der Waals surface area (Å²) in [4.78, 5) is 12.1. The van der Waals surface area contributed by atoms with E-state index < -0.39 is 0 Å². The van der Waals surface area contributed by atoms with Gasteiger partial charge in [0.15, 0.2) is 5.78 Å². The van der Waals surface area contributed by atoms with Crippen LogP contribution in [0.15, 0.2) is 29.6 Å². The lowest BCUT2D eigenvalue weighted by atomic mass is 10.1. The molecule has 0 amide bonds. The first-order valence-electron chi connectivity index (χ1n) is 7.12. The molecule has 1 aliphatic heterocycles. The number of benzene rings is 1. The number of piperidine rings is 1. The SMILES string of the molecule is O=C(COC1CCNCC1)Cc1csc2ccccc12. The number of fused-ring (bicyclic) bond motifs is 1. The van der Waals surface area contributed by atoms with Crippen LogP contribution < -0.4 is 5.32 Å². The molecule has 3 rings (SSSR count). The summed E-state index contributed by atoms with van der Waals surface area (Å²) in [5.74, 6) is 0.173. The summed E-state index contributed by atoms with van der Waals surface area (Å²) in [6.45, 7) is 2.23. The van der Waals surface area contributed by atoms with Crippen molar-refractivity contribution in [1.82, 2.24) is 5.32 Å². The maximum Gasteiger partial charge on any atom is 0.162 e. The largest absolute Gasteiger partial charge is 0.370 e. The third kappa shape index (κ3) is 3.26. The summed E-state index contributed by atoms with van der Waals surface area (Å²) in [5.41, 5.74) is 1.13. The molecule has 1 aromatic carbocycles. The highest BCUT2D eigenvalue weighted by Crippen LogP contribution is 2.26. The first kappa shape index (κ1) is 13.7. The molecule has 4 heteroatoms. The summed E-state index contributed by atoms with van der Waals surface area (Å²) < 4.78 is 6.96. The average molecular weight is 289 g/mol. The van der Waals surface area contributed by atoms with Gasteiger partial charge in [0.2, 0.25) is 0 Å². The lowest BCUT2D eigenvalue weighted by Gasteiger charge is -2.22. The molecule has 0 radical (unpaired) electrons. The van der Waals surface area contributed by atoms with Crippen LogP contribution in [0.25, 0.3) is 10.1 Å². The van der Waals surface area contributed by atoms with Crippen molar-refractivity contribution in [3.63, 3.8) is 0 Å². The second-order valence-corrected chi connectivity index (χ2v) is 6.14.